The second-order valence-corrected chi connectivity index (χ2v) is 7.17. The maximum absolute atomic E-state index is 5.90. The van der Waals surface area contributed by atoms with Crippen molar-refractivity contribution in [2.24, 2.45) is 5.92 Å². The van der Waals surface area contributed by atoms with E-state index in [2.05, 4.69) is 32.1 Å². The van der Waals surface area contributed by atoms with Gasteiger partial charge in [0.15, 0.2) is 0 Å². The van der Waals surface area contributed by atoms with Gasteiger partial charge in [-0.15, -0.1) is 21.5 Å². The van der Waals surface area contributed by atoms with Crippen LogP contribution in [0.4, 0.5) is 0 Å². The minimum Gasteiger partial charge on any atom is -0.418 e. The van der Waals surface area contributed by atoms with Crippen LogP contribution in [0.2, 0.25) is 0 Å². The third kappa shape index (κ3) is 3.25. The summed E-state index contributed by atoms with van der Waals surface area (Å²) in [6.45, 7) is 5.13. The second kappa shape index (κ2) is 6.82. The van der Waals surface area contributed by atoms with E-state index in [1.54, 1.807) is 24.0 Å². The molecule has 3 aromatic heterocycles. The van der Waals surface area contributed by atoms with E-state index in [4.69, 9.17) is 4.42 Å². The SMILES string of the molecule is C[C@H](c1nnc(-c2cccs2)o1)N1CCC[C@H](Cn2cncn2)C1. The summed E-state index contributed by atoms with van der Waals surface area (Å²) in [6.07, 6.45) is 5.77. The van der Waals surface area contributed by atoms with Gasteiger partial charge in [0.2, 0.25) is 5.89 Å². The first kappa shape index (κ1) is 15.5. The van der Waals surface area contributed by atoms with E-state index < -0.39 is 0 Å². The molecule has 0 aliphatic carbocycles. The summed E-state index contributed by atoms with van der Waals surface area (Å²) in [6, 6.07) is 4.12. The van der Waals surface area contributed by atoms with Crippen molar-refractivity contribution in [3.63, 3.8) is 0 Å². The average molecular weight is 344 g/mol. The van der Waals surface area contributed by atoms with E-state index in [1.165, 1.54) is 12.8 Å². The number of thiophene rings is 1. The standard InChI is InChI=1S/C16H20N6OS/c1-12(15-19-20-16(23-15)14-5-3-7-24-14)21-6-2-4-13(8-21)9-22-11-17-10-18-22/h3,5,7,10-13H,2,4,6,8-9H2,1H3/t12-,13+/m1/s1. The van der Waals surface area contributed by atoms with Crippen molar-refractivity contribution in [1.29, 1.82) is 0 Å². The third-order valence-corrected chi connectivity index (χ3v) is 5.40. The van der Waals surface area contributed by atoms with Gasteiger partial charge in [0.25, 0.3) is 5.89 Å². The van der Waals surface area contributed by atoms with Crippen LogP contribution in [0.25, 0.3) is 10.8 Å². The minimum absolute atomic E-state index is 0.129. The molecule has 0 unspecified atom stereocenters. The molecule has 8 heteroatoms. The smallest absolute Gasteiger partial charge is 0.257 e. The highest BCUT2D eigenvalue weighted by atomic mass is 32.1. The van der Waals surface area contributed by atoms with Crippen LogP contribution < -0.4 is 0 Å². The summed E-state index contributed by atoms with van der Waals surface area (Å²) in [5.74, 6) is 1.88. The van der Waals surface area contributed by atoms with E-state index >= 15 is 0 Å². The van der Waals surface area contributed by atoms with Gasteiger partial charge in [0.05, 0.1) is 10.9 Å². The van der Waals surface area contributed by atoms with Gasteiger partial charge >= 0.3 is 0 Å². The summed E-state index contributed by atoms with van der Waals surface area (Å²) in [5, 5.41) is 14.7. The van der Waals surface area contributed by atoms with Gasteiger partial charge < -0.3 is 4.42 Å². The van der Waals surface area contributed by atoms with Crippen LogP contribution in [0.3, 0.4) is 0 Å². The third-order valence-electron chi connectivity index (χ3n) is 4.54. The maximum atomic E-state index is 5.90. The monoisotopic (exact) mass is 344 g/mol. The highest BCUT2D eigenvalue weighted by Crippen LogP contribution is 2.29. The lowest BCUT2D eigenvalue weighted by molar-refractivity contribution is 0.107. The Morgan fingerprint density at radius 1 is 1.42 bits per heavy atom. The number of aromatic nitrogens is 5. The second-order valence-electron chi connectivity index (χ2n) is 6.22. The van der Waals surface area contributed by atoms with Gasteiger partial charge in [-0.1, -0.05) is 6.07 Å². The van der Waals surface area contributed by atoms with Crippen molar-refractivity contribution >= 4 is 11.3 Å². The van der Waals surface area contributed by atoms with Crippen LogP contribution in [-0.2, 0) is 6.54 Å². The molecule has 0 amide bonds. The summed E-state index contributed by atoms with van der Waals surface area (Å²) < 4.78 is 7.82. The Morgan fingerprint density at radius 3 is 3.17 bits per heavy atom. The highest BCUT2D eigenvalue weighted by molar-refractivity contribution is 7.13. The largest absolute Gasteiger partial charge is 0.418 e. The lowest BCUT2D eigenvalue weighted by atomic mass is 9.97. The zero-order valence-corrected chi connectivity index (χ0v) is 14.4. The zero-order valence-electron chi connectivity index (χ0n) is 13.6. The molecule has 7 nitrogen and oxygen atoms in total. The normalized spacial score (nSPS) is 20.3. The maximum Gasteiger partial charge on any atom is 0.257 e. The van der Waals surface area contributed by atoms with Gasteiger partial charge in [0.1, 0.15) is 12.7 Å². The van der Waals surface area contributed by atoms with Crippen LogP contribution in [0.1, 0.15) is 31.7 Å². The molecule has 3 aromatic rings. The number of likely N-dealkylation sites (tertiary alicyclic amines) is 1. The molecule has 1 aliphatic rings. The average Bonchev–Trinajstić information content (AvgIpc) is 3.35. The molecule has 126 valence electrons. The molecule has 0 N–H and O–H groups in total. The van der Waals surface area contributed by atoms with E-state index in [-0.39, 0.29) is 6.04 Å². The molecule has 0 radical (unpaired) electrons. The fourth-order valence-electron chi connectivity index (χ4n) is 3.25. The molecular weight excluding hydrogens is 324 g/mol. The number of rotatable bonds is 5. The minimum atomic E-state index is 0.129. The fourth-order valence-corrected chi connectivity index (χ4v) is 3.89. The first-order valence-corrected chi connectivity index (χ1v) is 9.11. The van der Waals surface area contributed by atoms with Crippen molar-refractivity contribution in [3.05, 3.63) is 36.1 Å². The van der Waals surface area contributed by atoms with E-state index in [9.17, 15) is 0 Å². The van der Waals surface area contributed by atoms with Crippen molar-refractivity contribution < 1.29 is 4.42 Å². The van der Waals surface area contributed by atoms with Gasteiger partial charge in [0, 0.05) is 13.1 Å². The quantitative estimate of drug-likeness (QED) is 0.709. The number of nitrogens with zero attached hydrogens (tertiary/aromatic N) is 6. The Balaban J connectivity index is 1.43. The van der Waals surface area contributed by atoms with Crippen molar-refractivity contribution in [2.45, 2.75) is 32.4 Å². The Labute approximate surface area is 144 Å². The zero-order chi connectivity index (χ0) is 16.4. The molecule has 24 heavy (non-hydrogen) atoms. The van der Waals surface area contributed by atoms with Crippen LogP contribution in [-0.4, -0.2) is 43.0 Å². The predicted molar refractivity (Wildman–Crippen MR) is 90.3 cm³/mol. The molecule has 0 bridgehead atoms. The first-order valence-electron chi connectivity index (χ1n) is 8.23. The van der Waals surface area contributed by atoms with Crippen molar-refractivity contribution in [2.75, 3.05) is 13.1 Å². The van der Waals surface area contributed by atoms with Crippen molar-refractivity contribution in [3.8, 4) is 10.8 Å². The molecule has 0 aromatic carbocycles. The first-order chi connectivity index (χ1) is 11.8. The lowest BCUT2D eigenvalue weighted by Crippen LogP contribution is -2.38. The molecule has 1 aliphatic heterocycles. The van der Waals surface area contributed by atoms with Crippen LogP contribution in [0.5, 0.6) is 0 Å². The molecule has 0 saturated carbocycles. The highest BCUT2D eigenvalue weighted by Gasteiger charge is 2.28. The van der Waals surface area contributed by atoms with E-state index in [1.807, 2.05) is 22.2 Å². The Bertz CT molecular complexity index is 753. The van der Waals surface area contributed by atoms with Crippen LogP contribution in [0, 0.1) is 5.92 Å². The van der Waals surface area contributed by atoms with E-state index in [0.717, 1.165) is 24.5 Å². The van der Waals surface area contributed by atoms with E-state index in [0.29, 0.717) is 17.7 Å². The van der Waals surface area contributed by atoms with Crippen molar-refractivity contribution in [1.82, 2.24) is 29.9 Å². The predicted octanol–water partition coefficient (Wildman–Crippen LogP) is 2.86. The summed E-state index contributed by atoms with van der Waals surface area (Å²) in [7, 11) is 0. The lowest BCUT2D eigenvalue weighted by Gasteiger charge is -2.35. The molecular formula is C16H20N6OS. The summed E-state index contributed by atoms with van der Waals surface area (Å²) in [5.41, 5.74) is 0. The molecule has 2 atom stereocenters. The topological polar surface area (TPSA) is 72.9 Å². The summed E-state index contributed by atoms with van der Waals surface area (Å²) >= 11 is 1.61. The Hall–Kier alpha value is -2.06. The van der Waals surface area contributed by atoms with Gasteiger partial charge in [-0.3, -0.25) is 9.58 Å². The number of piperidine rings is 1. The fraction of sp³-hybridized carbons (Fsp3) is 0.500. The Morgan fingerprint density at radius 2 is 2.38 bits per heavy atom. The Kier molecular flexibility index (Phi) is 4.40. The number of hydrogen-bond acceptors (Lipinski definition) is 7. The van der Waals surface area contributed by atoms with Gasteiger partial charge in [-0.2, -0.15) is 5.10 Å². The summed E-state index contributed by atoms with van der Waals surface area (Å²) in [4.78, 5) is 7.47. The number of hydrogen-bond donors (Lipinski definition) is 0. The van der Waals surface area contributed by atoms with Gasteiger partial charge in [-0.25, -0.2) is 4.98 Å². The van der Waals surface area contributed by atoms with Crippen LogP contribution >= 0.6 is 11.3 Å². The molecule has 1 fully saturated rings. The molecule has 1 saturated heterocycles. The molecule has 4 rings (SSSR count). The molecule has 4 heterocycles. The van der Waals surface area contributed by atoms with Gasteiger partial charge in [-0.05, 0) is 43.7 Å². The van der Waals surface area contributed by atoms with Crippen LogP contribution in [0.15, 0.2) is 34.6 Å². The molecule has 0 spiro atoms.